The highest BCUT2D eigenvalue weighted by Crippen LogP contribution is 2.62. The Balaban J connectivity index is 1.95. The van der Waals surface area contributed by atoms with Crippen LogP contribution in [0, 0.1) is 16.7 Å². The molecule has 2 unspecified atom stereocenters. The average molecular weight is 313 g/mol. The Morgan fingerprint density at radius 3 is 2.48 bits per heavy atom. The highest BCUT2D eigenvalue weighted by Gasteiger charge is 2.72. The number of Topliss-reactive ketones (excluding diaryl/α,β-unsaturated/α-hetero) is 3. The summed E-state index contributed by atoms with van der Waals surface area (Å²) in [6.45, 7) is 5.08. The monoisotopic (exact) mass is 313 g/mol. The lowest BCUT2D eigenvalue weighted by Gasteiger charge is -2.33. The minimum Gasteiger partial charge on any atom is -0.325 e. The van der Waals surface area contributed by atoms with Crippen molar-refractivity contribution >= 4 is 28.9 Å². The molecular formula is C18H19NO4. The highest BCUT2D eigenvalue weighted by atomic mass is 16.2. The summed E-state index contributed by atoms with van der Waals surface area (Å²) in [5.41, 5.74) is -1.02. The predicted molar refractivity (Wildman–Crippen MR) is 84.0 cm³/mol. The zero-order chi connectivity index (χ0) is 17.0. The van der Waals surface area contributed by atoms with Crippen molar-refractivity contribution in [3.8, 4) is 0 Å². The van der Waals surface area contributed by atoms with Crippen LogP contribution in [0.4, 0.5) is 5.69 Å². The van der Waals surface area contributed by atoms with Gasteiger partial charge in [0.2, 0.25) is 17.5 Å². The molecule has 1 amide bonds. The minimum atomic E-state index is -1.29. The fourth-order valence-electron chi connectivity index (χ4n) is 4.14. The SMILES string of the molecule is CC(=O)c1cccc(NC(=O)C23CCC(C(=O)C2=O)C3(C)C)c1. The second-order valence-corrected chi connectivity index (χ2v) is 7.00. The topological polar surface area (TPSA) is 80.3 Å². The molecule has 0 heterocycles. The number of carbonyl (C=O) groups is 4. The summed E-state index contributed by atoms with van der Waals surface area (Å²) in [7, 11) is 0. The Morgan fingerprint density at radius 2 is 1.91 bits per heavy atom. The van der Waals surface area contributed by atoms with Gasteiger partial charge in [0.15, 0.2) is 5.78 Å². The number of amides is 1. The molecule has 2 aliphatic carbocycles. The van der Waals surface area contributed by atoms with Crippen molar-refractivity contribution in [1.82, 2.24) is 0 Å². The number of hydrogen-bond acceptors (Lipinski definition) is 4. The molecule has 2 fully saturated rings. The molecule has 0 radical (unpaired) electrons. The second-order valence-electron chi connectivity index (χ2n) is 7.00. The van der Waals surface area contributed by atoms with E-state index in [4.69, 9.17) is 0 Å². The molecule has 120 valence electrons. The third kappa shape index (κ3) is 1.92. The largest absolute Gasteiger partial charge is 0.325 e. The van der Waals surface area contributed by atoms with E-state index < -0.39 is 28.3 Å². The Labute approximate surface area is 134 Å². The Kier molecular flexibility index (Phi) is 3.29. The number of fused-ring (bicyclic) bond motifs is 2. The number of rotatable bonds is 3. The molecular weight excluding hydrogens is 294 g/mol. The first-order valence-corrected chi connectivity index (χ1v) is 7.73. The molecule has 5 nitrogen and oxygen atoms in total. The first-order chi connectivity index (χ1) is 10.7. The van der Waals surface area contributed by atoms with E-state index in [1.807, 2.05) is 13.8 Å². The summed E-state index contributed by atoms with van der Waals surface area (Å²) in [5.74, 6) is -1.91. The maximum atomic E-state index is 12.9. The van der Waals surface area contributed by atoms with Gasteiger partial charge in [0.05, 0.1) is 0 Å². The predicted octanol–water partition coefficient (Wildman–Crippen LogP) is 2.40. The second kappa shape index (κ2) is 4.85. The summed E-state index contributed by atoms with van der Waals surface area (Å²) in [6.07, 6.45) is 0.964. The third-order valence-corrected chi connectivity index (χ3v) is 5.62. The molecule has 2 aliphatic rings. The van der Waals surface area contributed by atoms with E-state index in [2.05, 4.69) is 5.32 Å². The van der Waals surface area contributed by atoms with Gasteiger partial charge in [0.1, 0.15) is 5.41 Å². The smallest absolute Gasteiger partial charge is 0.239 e. The minimum absolute atomic E-state index is 0.104. The fraction of sp³-hybridized carbons (Fsp3) is 0.444. The summed E-state index contributed by atoms with van der Waals surface area (Å²) in [6, 6.07) is 6.59. The molecule has 0 spiro atoms. The van der Waals surface area contributed by atoms with E-state index in [-0.39, 0.29) is 11.7 Å². The number of hydrogen-bond donors (Lipinski definition) is 1. The summed E-state index contributed by atoms with van der Waals surface area (Å²) in [4.78, 5) is 48.9. The van der Waals surface area contributed by atoms with Crippen molar-refractivity contribution in [3.63, 3.8) is 0 Å². The standard InChI is InChI=1S/C18H19NO4/c1-10(20)11-5-4-6-12(9-11)19-16(23)18-8-7-13(17(18,2)3)14(21)15(18)22/h4-6,9,13H,7-8H2,1-3H3,(H,19,23). The summed E-state index contributed by atoms with van der Waals surface area (Å²) < 4.78 is 0. The van der Waals surface area contributed by atoms with Crippen LogP contribution >= 0.6 is 0 Å². The van der Waals surface area contributed by atoms with Gasteiger partial charge in [-0.15, -0.1) is 0 Å². The lowest BCUT2D eigenvalue weighted by Crippen LogP contribution is -2.47. The van der Waals surface area contributed by atoms with E-state index in [0.717, 1.165) is 0 Å². The summed E-state index contributed by atoms with van der Waals surface area (Å²) in [5, 5.41) is 2.74. The highest BCUT2D eigenvalue weighted by molar-refractivity contribution is 6.48. The Hall–Kier alpha value is -2.30. The zero-order valence-corrected chi connectivity index (χ0v) is 13.4. The molecule has 2 saturated carbocycles. The number of benzene rings is 1. The van der Waals surface area contributed by atoms with Crippen LogP contribution < -0.4 is 5.32 Å². The van der Waals surface area contributed by atoms with Crippen molar-refractivity contribution in [1.29, 1.82) is 0 Å². The summed E-state index contributed by atoms with van der Waals surface area (Å²) >= 11 is 0. The lowest BCUT2D eigenvalue weighted by molar-refractivity contribution is -0.147. The first-order valence-electron chi connectivity index (χ1n) is 7.73. The maximum absolute atomic E-state index is 12.9. The Bertz CT molecular complexity index is 749. The van der Waals surface area contributed by atoms with Gasteiger partial charge in [-0.05, 0) is 37.3 Å². The van der Waals surface area contributed by atoms with Crippen LogP contribution in [0.1, 0.15) is 44.0 Å². The van der Waals surface area contributed by atoms with Crippen LogP contribution in [0.2, 0.25) is 0 Å². The van der Waals surface area contributed by atoms with E-state index in [1.165, 1.54) is 6.92 Å². The van der Waals surface area contributed by atoms with Gasteiger partial charge in [0, 0.05) is 17.2 Å². The molecule has 0 saturated heterocycles. The molecule has 1 N–H and O–H groups in total. The quantitative estimate of drug-likeness (QED) is 0.528. The first kappa shape index (κ1) is 15.6. The van der Waals surface area contributed by atoms with Gasteiger partial charge in [-0.2, -0.15) is 0 Å². The molecule has 0 aliphatic heterocycles. The van der Waals surface area contributed by atoms with Gasteiger partial charge in [-0.3, -0.25) is 19.2 Å². The van der Waals surface area contributed by atoms with Crippen molar-refractivity contribution in [3.05, 3.63) is 29.8 Å². The van der Waals surface area contributed by atoms with Crippen LogP contribution in [0.15, 0.2) is 24.3 Å². The molecule has 5 heteroatoms. The molecule has 0 aromatic heterocycles. The molecule has 23 heavy (non-hydrogen) atoms. The van der Waals surface area contributed by atoms with E-state index in [9.17, 15) is 19.2 Å². The van der Waals surface area contributed by atoms with Gasteiger partial charge >= 0.3 is 0 Å². The van der Waals surface area contributed by atoms with E-state index in [1.54, 1.807) is 24.3 Å². The van der Waals surface area contributed by atoms with Gasteiger partial charge in [0.25, 0.3) is 0 Å². The number of nitrogens with one attached hydrogen (secondary N) is 1. The van der Waals surface area contributed by atoms with Crippen LogP contribution in [-0.4, -0.2) is 23.3 Å². The van der Waals surface area contributed by atoms with Crippen LogP contribution in [0.3, 0.4) is 0 Å². The van der Waals surface area contributed by atoms with Crippen molar-refractivity contribution in [2.45, 2.75) is 33.6 Å². The molecule has 1 aromatic carbocycles. The lowest BCUT2D eigenvalue weighted by atomic mass is 9.68. The van der Waals surface area contributed by atoms with E-state index >= 15 is 0 Å². The molecule has 3 rings (SSSR count). The number of carbonyl (C=O) groups excluding carboxylic acids is 4. The van der Waals surface area contributed by atoms with Crippen LogP contribution in [-0.2, 0) is 14.4 Å². The van der Waals surface area contributed by atoms with Crippen molar-refractivity contribution in [2.24, 2.45) is 16.7 Å². The van der Waals surface area contributed by atoms with Crippen LogP contribution in [0.5, 0.6) is 0 Å². The molecule has 2 atom stereocenters. The van der Waals surface area contributed by atoms with Crippen molar-refractivity contribution in [2.75, 3.05) is 5.32 Å². The Morgan fingerprint density at radius 1 is 1.22 bits per heavy atom. The van der Waals surface area contributed by atoms with Crippen LogP contribution in [0.25, 0.3) is 0 Å². The normalized spacial score (nSPS) is 28.0. The maximum Gasteiger partial charge on any atom is 0.239 e. The number of anilines is 1. The zero-order valence-electron chi connectivity index (χ0n) is 13.4. The average Bonchev–Trinajstić information content (AvgIpc) is 2.84. The van der Waals surface area contributed by atoms with Crippen molar-refractivity contribution < 1.29 is 19.2 Å². The molecule has 2 bridgehead atoms. The molecule has 1 aromatic rings. The van der Waals surface area contributed by atoms with Gasteiger partial charge in [-0.25, -0.2) is 0 Å². The van der Waals surface area contributed by atoms with Gasteiger partial charge < -0.3 is 5.32 Å². The van der Waals surface area contributed by atoms with Gasteiger partial charge in [-0.1, -0.05) is 26.0 Å². The number of ketones is 3. The van der Waals surface area contributed by atoms with E-state index in [0.29, 0.717) is 24.1 Å². The third-order valence-electron chi connectivity index (χ3n) is 5.62. The fourth-order valence-corrected chi connectivity index (χ4v) is 4.14.